The summed E-state index contributed by atoms with van der Waals surface area (Å²) < 4.78 is 14.8. The molecular weight excluding hydrogens is 695 g/mol. The van der Waals surface area contributed by atoms with Gasteiger partial charge in [0.2, 0.25) is 0 Å². The normalized spacial score (nSPS) is 11.9. The van der Waals surface area contributed by atoms with Gasteiger partial charge >= 0.3 is 0 Å². The number of fused-ring (bicyclic) bond motifs is 9. The van der Waals surface area contributed by atoms with Crippen LogP contribution in [0.4, 0.5) is 0 Å². The van der Waals surface area contributed by atoms with Crippen LogP contribution in [-0.2, 0) is 0 Å². The van der Waals surface area contributed by atoms with Gasteiger partial charge in [0.05, 0.1) is 11.0 Å². The predicted octanol–water partition coefficient (Wildman–Crippen LogP) is 15.3. The largest absolute Gasteiger partial charge is 0.456 e. The molecule has 0 unspecified atom stereocenters. The summed E-state index contributed by atoms with van der Waals surface area (Å²) in [6.07, 6.45) is 0. The van der Waals surface area contributed by atoms with Crippen molar-refractivity contribution in [1.29, 1.82) is 0 Å². The quantitative estimate of drug-likeness (QED) is 0.177. The third-order valence-electron chi connectivity index (χ3n) is 11.6. The van der Waals surface area contributed by atoms with Crippen molar-refractivity contribution in [2.24, 2.45) is 0 Å². The van der Waals surface area contributed by atoms with Crippen molar-refractivity contribution in [3.8, 4) is 50.2 Å². The van der Waals surface area contributed by atoms with E-state index in [9.17, 15) is 0 Å². The lowest BCUT2D eigenvalue weighted by Crippen LogP contribution is -1.94. The van der Waals surface area contributed by atoms with Crippen molar-refractivity contribution >= 4 is 65.7 Å². The summed E-state index contributed by atoms with van der Waals surface area (Å²) in [5.41, 5.74) is 16.4. The molecule has 0 saturated heterocycles. The van der Waals surface area contributed by atoms with Crippen LogP contribution in [0.1, 0.15) is 0 Å². The Hall–Kier alpha value is -7.62. The maximum absolute atomic E-state index is 6.22. The number of rotatable bonds is 5. The monoisotopic (exact) mass is 727 g/mol. The van der Waals surface area contributed by atoms with Gasteiger partial charge in [0, 0.05) is 38.0 Å². The third-order valence-corrected chi connectivity index (χ3v) is 11.6. The number of hydrogen-bond acceptors (Lipinski definition) is 2. The lowest BCUT2D eigenvalue weighted by Gasteiger charge is -2.14. The van der Waals surface area contributed by atoms with Crippen LogP contribution in [0.5, 0.6) is 0 Å². The zero-order valence-corrected chi connectivity index (χ0v) is 30.8. The number of furan rings is 2. The molecule has 0 atom stereocenters. The fourth-order valence-electron chi connectivity index (χ4n) is 8.84. The molecular formula is C54H33NO2. The van der Waals surface area contributed by atoms with E-state index in [1.165, 1.54) is 32.9 Å². The highest BCUT2D eigenvalue weighted by atomic mass is 16.3. The lowest BCUT2D eigenvalue weighted by atomic mass is 9.91. The van der Waals surface area contributed by atoms with Crippen molar-refractivity contribution < 1.29 is 8.83 Å². The molecule has 0 aliphatic carbocycles. The fraction of sp³-hybridized carbons (Fsp3) is 0. The van der Waals surface area contributed by atoms with Crippen LogP contribution in [-0.4, -0.2) is 4.57 Å². The number of para-hydroxylation sites is 4. The average molecular weight is 728 g/mol. The molecule has 3 heteroatoms. The molecule has 0 saturated carbocycles. The molecule has 0 amide bonds. The van der Waals surface area contributed by atoms with Crippen LogP contribution < -0.4 is 0 Å². The molecule has 0 radical (unpaired) electrons. The standard InChI is InChI=1S/C54H33NO2/c1-5-19-49-43(15-1)44-16-2-6-20-50(44)55(49)42-14-10-13-36(31-42)34-11-9-12-35(27-34)39-28-40(37-23-25-53-47(32-37)45-17-3-7-21-51(45)56-53)30-41(29-39)38-24-26-54-48(33-38)46-18-4-8-22-52(46)57-54/h1-33H. The summed E-state index contributed by atoms with van der Waals surface area (Å²) in [5, 5.41) is 7.00. The van der Waals surface area contributed by atoms with Crippen molar-refractivity contribution in [3.05, 3.63) is 200 Å². The second kappa shape index (κ2) is 12.5. The van der Waals surface area contributed by atoms with E-state index in [1.54, 1.807) is 0 Å². The second-order valence-corrected chi connectivity index (χ2v) is 14.9. The zero-order chi connectivity index (χ0) is 37.5. The number of benzene rings is 9. The van der Waals surface area contributed by atoms with Crippen LogP contribution in [0, 0.1) is 0 Å². The first kappa shape index (κ1) is 31.7. The van der Waals surface area contributed by atoms with Crippen molar-refractivity contribution in [1.82, 2.24) is 4.57 Å². The van der Waals surface area contributed by atoms with E-state index in [1.807, 2.05) is 24.3 Å². The third kappa shape index (κ3) is 5.13. The van der Waals surface area contributed by atoms with E-state index < -0.39 is 0 Å². The molecule has 57 heavy (non-hydrogen) atoms. The average Bonchev–Trinajstić information content (AvgIpc) is 3.95. The van der Waals surface area contributed by atoms with Crippen molar-refractivity contribution in [2.45, 2.75) is 0 Å². The Morgan fingerprint density at radius 1 is 0.246 bits per heavy atom. The lowest BCUT2D eigenvalue weighted by molar-refractivity contribution is 0.668. The maximum atomic E-state index is 6.22. The van der Waals surface area contributed by atoms with E-state index in [0.717, 1.165) is 82.9 Å². The Bertz CT molecular complexity index is 3360. The molecule has 3 nitrogen and oxygen atoms in total. The Labute approximate surface area is 328 Å². The SMILES string of the molecule is c1cc(-c2cc(-c3ccc4oc5ccccc5c4c3)cc(-c3ccc4oc5ccccc5c4c3)c2)cc(-c2cccc(-n3c4ccccc4c4ccccc43)c2)c1. The van der Waals surface area contributed by atoms with E-state index >= 15 is 0 Å². The molecule has 12 aromatic rings. The molecule has 3 aromatic heterocycles. The predicted molar refractivity (Wildman–Crippen MR) is 237 cm³/mol. The Kier molecular flexibility index (Phi) is 6.93. The van der Waals surface area contributed by atoms with Gasteiger partial charge in [0.25, 0.3) is 0 Å². The molecule has 0 N–H and O–H groups in total. The van der Waals surface area contributed by atoms with Gasteiger partial charge in [-0.2, -0.15) is 0 Å². The number of hydrogen-bond donors (Lipinski definition) is 0. The zero-order valence-electron chi connectivity index (χ0n) is 30.8. The molecule has 0 aliphatic heterocycles. The minimum absolute atomic E-state index is 0.893. The summed E-state index contributed by atoms with van der Waals surface area (Å²) in [7, 11) is 0. The molecule has 0 fully saturated rings. The molecule has 266 valence electrons. The highest BCUT2D eigenvalue weighted by Crippen LogP contribution is 2.40. The summed E-state index contributed by atoms with van der Waals surface area (Å²) >= 11 is 0. The van der Waals surface area contributed by atoms with Gasteiger partial charge in [0.15, 0.2) is 0 Å². The summed E-state index contributed by atoms with van der Waals surface area (Å²) in [6.45, 7) is 0. The first-order chi connectivity index (χ1) is 28.2. The first-order valence-electron chi connectivity index (χ1n) is 19.4. The van der Waals surface area contributed by atoms with Crippen LogP contribution in [0.2, 0.25) is 0 Å². The van der Waals surface area contributed by atoms with Crippen LogP contribution in [0.15, 0.2) is 209 Å². The number of nitrogens with zero attached hydrogens (tertiary/aromatic N) is 1. The van der Waals surface area contributed by atoms with Gasteiger partial charge < -0.3 is 13.4 Å². The molecule has 0 bridgehead atoms. The van der Waals surface area contributed by atoms with E-state index in [4.69, 9.17) is 8.83 Å². The van der Waals surface area contributed by atoms with E-state index in [0.29, 0.717) is 0 Å². The Balaban J connectivity index is 1.02. The van der Waals surface area contributed by atoms with Gasteiger partial charge in [-0.25, -0.2) is 0 Å². The van der Waals surface area contributed by atoms with Crippen LogP contribution >= 0.6 is 0 Å². The smallest absolute Gasteiger partial charge is 0.135 e. The Morgan fingerprint density at radius 3 is 1.18 bits per heavy atom. The molecule has 3 heterocycles. The summed E-state index contributed by atoms with van der Waals surface area (Å²) in [4.78, 5) is 0. The van der Waals surface area contributed by atoms with Gasteiger partial charge in [0.1, 0.15) is 22.3 Å². The van der Waals surface area contributed by atoms with E-state index in [-0.39, 0.29) is 0 Å². The Morgan fingerprint density at radius 2 is 0.632 bits per heavy atom. The fourth-order valence-corrected chi connectivity index (χ4v) is 8.84. The van der Waals surface area contributed by atoms with Gasteiger partial charge in [-0.05, 0) is 129 Å². The minimum atomic E-state index is 0.893. The molecule has 0 aliphatic rings. The highest BCUT2D eigenvalue weighted by molar-refractivity contribution is 6.10. The van der Waals surface area contributed by atoms with E-state index in [2.05, 4.69) is 180 Å². The minimum Gasteiger partial charge on any atom is -0.456 e. The van der Waals surface area contributed by atoms with Crippen molar-refractivity contribution in [3.63, 3.8) is 0 Å². The highest BCUT2D eigenvalue weighted by Gasteiger charge is 2.15. The van der Waals surface area contributed by atoms with Gasteiger partial charge in [-0.15, -0.1) is 0 Å². The summed E-state index contributed by atoms with van der Waals surface area (Å²) in [5.74, 6) is 0. The number of aromatic nitrogens is 1. The van der Waals surface area contributed by atoms with Crippen LogP contribution in [0.25, 0.3) is 116 Å². The maximum Gasteiger partial charge on any atom is 0.135 e. The summed E-state index contributed by atoms with van der Waals surface area (Å²) in [6, 6.07) is 71.8. The van der Waals surface area contributed by atoms with Gasteiger partial charge in [-0.3, -0.25) is 0 Å². The molecule has 12 rings (SSSR count). The first-order valence-corrected chi connectivity index (χ1v) is 19.4. The second-order valence-electron chi connectivity index (χ2n) is 14.9. The topological polar surface area (TPSA) is 31.2 Å². The van der Waals surface area contributed by atoms with Gasteiger partial charge in [-0.1, -0.05) is 115 Å². The molecule has 9 aromatic carbocycles. The molecule has 0 spiro atoms. The van der Waals surface area contributed by atoms with Crippen LogP contribution in [0.3, 0.4) is 0 Å². The van der Waals surface area contributed by atoms with Crippen molar-refractivity contribution in [2.75, 3.05) is 0 Å².